The summed E-state index contributed by atoms with van der Waals surface area (Å²) in [6.45, 7) is 3.80. The lowest BCUT2D eigenvalue weighted by Crippen LogP contribution is -2.29. The minimum Gasteiger partial charge on any atom is -0.393 e. The summed E-state index contributed by atoms with van der Waals surface area (Å²) in [5.74, 6) is 0. The monoisotopic (exact) mass is 413 g/mol. The second kappa shape index (κ2) is 6.67. The zero-order chi connectivity index (χ0) is 14.8. The standard InChI is InChI=1S/C12H17Br2NO3S/c1-8-6-11(14)12(7-10(8)13)19(17,18)15(3)5-4-9(2)16/h6-7,9,16H,4-5H2,1-3H3. The molecule has 0 saturated heterocycles. The molecule has 0 amide bonds. The average Bonchev–Trinajstić information content (AvgIpc) is 2.30. The van der Waals surface area contributed by atoms with Crippen molar-refractivity contribution >= 4 is 41.9 Å². The van der Waals surface area contributed by atoms with Gasteiger partial charge in [0.15, 0.2) is 0 Å². The third-order valence-corrected chi connectivity index (χ3v) is 6.43. The van der Waals surface area contributed by atoms with Gasteiger partial charge in [0.05, 0.1) is 11.0 Å². The molecule has 1 rings (SSSR count). The predicted molar refractivity (Wildman–Crippen MR) is 82.7 cm³/mol. The van der Waals surface area contributed by atoms with Crippen molar-refractivity contribution in [3.05, 3.63) is 26.6 Å². The number of aryl methyl sites for hydroxylation is 1. The Morgan fingerprint density at radius 2 is 1.89 bits per heavy atom. The first-order valence-electron chi connectivity index (χ1n) is 5.76. The molecule has 0 aromatic heterocycles. The van der Waals surface area contributed by atoms with Crippen LogP contribution in [-0.4, -0.2) is 37.5 Å². The Morgan fingerprint density at radius 1 is 1.32 bits per heavy atom. The van der Waals surface area contributed by atoms with E-state index >= 15 is 0 Å². The Labute approximate surface area is 131 Å². The van der Waals surface area contributed by atoms with Gasteiger partial charge in [-0.15, -0.1) is 0 Å². The number of sulfonamides is 1. The van der Waals surface area contributed by atoms with E-state index in [2.05, 4.69) is 31.9 Å². The van der Waals surface area contributed by atoms with E-state index in [4.69, 9.17) is 0 Å². The quantitative estimate of drug-likeness (QED) is 0.805. The molecule has 1 aromatic rings. The molecular formula is C12H17Br2NO3S. The Hall–Kier alpha value is 0.0500. The van der Waals surface area contributed by atoms with Gasteiger partial charge < -0.3 is 5.11 Å². The largest absolute Gasteiger partial charge is 0.393 e. The summed E-state index contributed by atoms with van der Waals surface area (Å²) in [7, 11) is -2.05. The number of aliphatic hydroxyl groups excluding tert-OH is 1. The summed E-state index contributed by atoms with van der Waals surface area (Å²) in [5, 5.41) is 9.23. The van der Waals surface area contributed by atoms with E-state index in [0.717, 1.165) is 10.0 Å². The van der Waals surface area contributed by atoms with E-state index in [9.17, 15) is 13.5 Å². The van der Waals surface area contributed by atoms with Crippen molar-refractivity contribution in [2.75, 3.05) is 13.6 Å². The smallest absolute Gasteiger partial charge is 0.243 e. The number of hydrogen-bond acceptors (Lipinski definition) is 3. The third-order valence-electron chi connectivity index (χ3n) is 2.76. The van der Waals surface area contributed by atoms with E-state index < -0.39 is 16.1 Å². The van der Waals surface area contributed by atoms with Crippen LogP contribution in [0.3, 0.4) is 0 Å². The van der Waals surface area contributed by atoms with E-state index in [1.54, 1.807) is 19.1 Å². The minimum atomic E-state index is -3.56. The molecule has 7 heteroatoms. The van der Waals surface area contributed by atoms with E-state index in [1.165, 1.54) is 11.4 Å². The van der Waals surface area contributed by atoms with Crippen LogP contribution in [-0.2, 0) is 10.0 Å². The fourth-order valence-corrected chi connectivity index (χ4v) is 4.30. The van der Waals surface area contributed by atoms with Crippen molar-refractivity contribution in [2.45, 2.75) is 31.3 Å². The highest BCUT2D eigenvalue weighted by molar-refractivity contribution is 9.11. The molecule has 0 aliphatic heterocycles. The van der Waals surface area contributed by atoms with Crippen LogP contribution in [0, 0.1) is 6.92 Å². The zero-order valence-corrected chi connectivity index (χ0v) is 15.0. The Balaban J connectivity index is 3.10. The van der Waals surface area contributed by atoms with Crippen LogP contribution in [0.5, 0.6) is 0 Å². The highest BCUT2D eigenvalue weighted by Gasteiger charge is 2.24. The Kier molecular flexibility index (Phi) is 6.00. The molecule has 1 N–H and O–H groups in total. The van der Waals surface area contributed by atoms with Gasteiger partial charge in [0.1, 0.15) is 0 Å². The first kappa shape index (κ1) is 17.1. The van der Waals surface area contributed by atoms with Crippen LogP contribution < -0.4 is 0 Å². The molecule has 0 spiro atoms. The maximum atomic E-state index is 12.4. The van der Waals surface area contributed by atoms with Gasteiger partial charge in [-0.1, -0.05) is 15.9 Å². The van der Waals surface area contributed by atoms with Crippen LogP contribution >= 0.6 is 31.9 Å². The van der Waals surface area contributed by atoms with Gasteiger partial charge in [0.25, 0.3) is 0 Å². The van der Waals surface area contributed by atoms with Crippen LogP contribution in [0.1, 0.15) is 18.9 Å². The maximum absolute atomic E-state index is 12.4. The predicted octanol–water partition coefficient (Wildman–Crippen LogP) is 2.91. The highest BCUT2D eigenvalue weighted by Crippen LogP contribution is 2.30. The maximum Gasteiger partial charge on any atom is 0.243 e. The molecule has 0 radical (unpaired) electrons. The summed E-state index contributed by atoms with van der Waals surface area (Å²) in [5.41, 5.74) is 0.956. The lowest BCUT2D eigenvalue weighted by molar-refractivity contribution is 0.177. The molecule has 0 aliphatic carbocycles. The summed E-state index contributed by atoms with van der Waals surface area (Å²) >= 11 is 6.63. The average molecular weight is 415 g/mol. The molecule has 1 unspecified atom stereocenters. The van der Waals surface area contributed by atoms with Gasteiger partial charge in [-0.05, 0) is 53.9 Å². The number of aliphatic hydroxyl groups is 1. The van der Waals surface area contributed by atoms with Crippen LogP contribution in [0.2, 0.25) is 0 Å². The number of nitrogens with zero attached hydrogens (tertiary/aromatic N) is 1. The Morgan fingerprint density at radius 3 is 2.42 bits per heavy atom. The van der Waals surface area contributed by atoms with Gasteiger partial charge in [0.2, 0.25) is 10.0 Å². The summed E-state index contributed by atoms with van der Waals surface area (Å²) in [6, 6.07) is 3.35. The minimum absolute atomic E-state index is 0.220. The molecule has 19 heavy (non-hydrogen) atoms. The van der Waals surface area contributed by atoms with Crippen LogP contribution in [0.15, 0.2) is 26.0 Å². The first-order valence-corrected chi connectivity index (χ1v) is 8.79. The summed E-state index contributed by atoms with van der Waals surface area (Å²) in [4.78, 5) is 0.220. The molecule has 0 heterocycles. The van der Waals surface area contributed by atoms with Crippen molar-refractivity contribution in [2.24, 2.45) is 0 Å². The van der Waals surface area contributed by atoms with Crippen molar-refractivity contribution in [3.8, 4) is 0 Å². The molecule has 0 aliphatic rings. The van der Waals surface area contributed by atoms with Crippen molar-refractivity contribution in [1.29, 1.82) is 0 Å². The number of rotatable bonds is 5. The second-order valence-electron chi connectivity index (χ2n) is 4.50. The fraction of sp³-hybridized carbons (Fsp3) is 0.500. The molecule has 0 fully saturated rings. The Bertz CT molecular complexity index is 558. The van der Waals surface area contributed by atoms with Gasteiger partial charge in [-0.3, -0.25) is 0 Å². The number of hydrogen-bond donors (Lipinski definition) is 1. The SMILES string of the molecule is Cc1cc(Br)c(S(=O)(=O)N(C)CCC(C)O)cc1Br. The van der Waals surface area contributed by atoms with Gasteiger partial charge in [-0.2, -0.15) is 0 Å². The molecule has 1 atom stereocenters. The molecule has 0 saturated carbocycles. The summed E-state index contributed by atoms with van der Waals surface area (Å²) < 4.78 is 27.4. The van der Waals surface area contributed by atoms with E-state index in [-0.39, 0.29) is 11.4 Å². The van der Waals surface area contributed by atoms with Crippen LogP contribution in [0.25, 0.3) is 0 Å². The molecule has 4 nitrogen and oxygen atoms in total. The fourth-order valence-electron chi connectivity index (χ4n) is 1.48. The molecular weight excluding hydrogens is 398 g/mol. The second-order valence-corrected chi connectivity index (χ2v) is 8.22. The lowest BCUT2D eigenvalue weighted by Gasteiger charge is -2.19. The highest BCUT2D eigenvalue weighted by atomic mass is 79.9. The molecule has 1 aromatic carbocycles. The van der Waals surface area contributed by atoms with Gasteiger partial charge in [-0.25, -0.2) is 12.7 Å². The van der Waals surface area contributed by atoms with Crippen molar-refractivity contribution < 1.29 is 13.5 Å². The zero-order valence-electron chi connectivity index (χ0n) is 11.0. The van der Waals surface area contributed by atoms with E-state index in [1.807, 2.05) is 6.92 Å². The van der Waals surface area contributed by atoms with E-state index in [0.29, 0.717) is 10.9 Å². The number of halogens is 2. The van der Waals surface area contributed by atoms with Gasteiger partial charge >= 0.3 is 0 Å². The third kappa shape index (κ3) is 4.26. The first-order chi connectivity index (χ1) is 8.66. The van der Waals surface area contributed by atoms with Gasteiger partial charge in [0, 0.05) is 22.5 Å². The summed E-state index contributed by atoms with van der Waals surface area (Å²) in [6.07, 6.45) is -0.119. The normalized spacial score (nSPS) is 13.8. The molecule has 0 bridgehead atoms. The topological polar surface area (TPSA) is 57.6 Å². The molecule has 108 valence electrons. The van der Waals surface area contributed by atoms with Crippen molar-refractivity contribution in [1.82, 2.24) is 4.31 Å². The number of benzene rings is 1. The van der Waals surface area contributed by atoms with Crippen LogP contribution in [0.4, 0.5) is 0 Å². The lowest BCUT2D eigenvalue weighted by atomic mass is 10.2. The van der Waals surface area contributed by atoms with Crippen molar-refractivity contribution in [3.63, 3.8) is 0 Å².